The van der Waals surface area contributed by atoms with Gasteiger partial charge in [-0.15, -0.1) is 24.0 Å². The monoisotopic (exact) mass is 472 g/mol. The van der Waals surface area contributed by atoms with Gasteiger partial charge >= 0.3 is 0 Å². The van der Waals surface area contributed by atoms with Gasteiger partial charge in [-0.25, -0.2) is 0 Å². The molecule has 1 atom stereocenters. The number of aliphatic imine (C=N–C) groups is 1. The summed E-state index contributed by atoms with van der Waals surface area (Å²) in [5, 5.41) is 3.70. The third kappa shape index (κ3) is 4.53. The number of nitrogens with zero attached hydrogens (tertiary/aromatic N) is 3. The molecule has 6 nitrogen and oxygen atoms in total. The Labute approximate surface area is 172 Å². The van der Waals surface area contributed by atoms with E-state index in [9.17, 15) is 4.79 Å². The maximum absolute atomic E-state index is 11.9. The average Bonchev–Trinajstić information content (AvgIpc) is 3.37. The molecule has 0 aromatic carbocycles. The van der Waals surface area contributed by atoms with E-state index < -0.39 is 0 Å². The van der Waals surface area contributed by atoms with Crippen molar-refractivity contribution < 1.29 is 9.21 Å². The molecule has 3 aliphatic rings. The third-order valence-electron chi connectivity index (χ3n) is 5.68. The summed E-state index contributed by atoms with van der Waals surface area (Å²) in [6, 6.07) is 4.84. The van der Waals surface area contributed by atoms with Crippen LogP contribution in [0.5, 0.6) is 0 Å². The Bertz CT molecular complexity index is 613. The fraction of sp³-hybridized carbons (Fsp3) is 0.684. The quantitative estimate of drug-likeness (QED) is 0.416. The second-order valence-electron chi connectivity index (χ2n) is 7.39. The Morgan fingerprint density at radius 1 is 1.27 bits per heavy atom. The minimum absolute atomic E-state index is 0. The van der Waals surface area contributed by atoms with E-state index in [0.717, 1.165) is 50.7 Å². The van der Waals surface area contributed by atoms with Crippen LogP contribution in [0.2, 0.25) is 0 Å². The first-order valence-electron chi connectivity index (χ1n) is 9.67. The van der Waals surface area contributed by atoms with Crippen molar-refractivity contribution in [3.63, 3.8) is 0 Å². The molecule has 3 fully saturated rings. The molecule has 3 heterocycles. The Morgan fingerprint density at radius 3 is 2.88 bits per heavy atom. The van der Waals surface area contributed by atoms with Crippen LogP contribution in [0.25, 0.3) is 0 Å². The highest BCUT2D eigenvalue weighted by Crippen LogP contribution is 2.23. The fourth-order valence-electron chi connectivity index (χ4n) is 4.27. The lowest BCUT2D eigenvalue weighted by Crippen LogP contribution is -2.57. The van der Waals surface area contributed by atoms with Gasteiger partial charge in [0.2, 0.25) is 5.91 Å². The number of fused-ring (bicyclic) bond motifs is 1. The number of hydrogen-bond acceptors (Lipinski definition) is 3. The van der Waals surface area contributed by atoms with Crippen molar-refractivity contribution in [2.75, 3.05) is 26.2 Å². The normalized spacial score (nSPS) is 23.9. The van der Waals surface area contributed by atoms with E-state index in [-0.39, 0.29) is 24.0 Å². The molecular weight excluding hydrogens is 443 g/mol. The van der Waals surface area contributed by atoms with Gasteiger partial charge in [-0.3, -0.25) is 9.79 Å². The van der Waals surface area contributed by atoms with Crippen LogP contribution in [-0.4, -0.2) is 59.9 Å². The molecule has 4 rings (SSSR count). The molecule has 2 saturated heterocycles. The van der Waals surface area contributed by atoms with E-state index in [4.69, 9.17) is 9.41 Å². The molecule has 0 spiro atoms. The SMILES string of the molecule is I.O=C1CCC2CN(C(=NCCc3ccco3)NC3CCCC3)CCN12. The molecule has 1 aliphatic carbocycles. The lowest BCUT2D eigenvalue weighted by atomic mass is 10.1. The summed E-state index contributed by atoms with van der Waals surface area (Å²) in [5.74, 6) is 2.33. The van der Waals surface area contributed by atoms with Crippen molar-refractivity contribution in [1.82, 2.24) is 15.1 Å². The van der Waals surface area contributed by atoms with E-state index in [2.05, 4.69) is 15.1 Å². The molecule has 144 valence electrons. The first kappa shape index (κ1) is 19.5. The molecule has 0 radical (unpaired) electrons. The van der Waals surface area contributed by atoms with Crippen LogP contribution in [-0.2, 0) is 11.2 Å². The highest BCUT2D eigenvalue weighted by atomic mass is 127. The average molecular weight is 472 g/mol. The zero-order valence-electron chi connectivity index (χ0n) is 15.2. The van der Waals surface area contributed by atoms with Gasteiger partial charge in [-0.05, 0) is 31.4 Å². The summed E-state index contributed by atoms with van der Waals surface area (Å²) in [4.78, 5) is 21.2. The minimum Gasteiger partial charge on any atom is -0.469 e. The third-order valence-corrected chi connectivity index (χ3v) is 5.68. The molecular formula is C19H29IN4O2. The highest BCUT2D eigenvalue weighted by molar-refractivity contribution is 14.0. The van der Waals surface area contributed by atoms with Gasteiger partial charge in [0.25, 0.3) is 0 Å². The molecule has 1 aromatic heterocycles. The van der Waals surface area contributed by atoms with Crippen molar-refractivity contribution in [1.29, 1.82) is 0 Å². The van der Waals surface area contributed by atoms with Gasteiger partial charge in [0.15, 0.2) is 5.96 Å². The number of halogens is 1. The van der Waals surface area contributed by atoms with Crippen LogP contribution in [0.1, 0.15) is 44.3 Å². The number of rotatable bonds is 4. The number of nitrogens with one attached hydrogen (secondary N) is 1. The maximum Gasteiger partial charge on any atom is 0.223 e. The van der Waals surface area contributed by atoms with E-state index in [1.807, 2.05) is 12.1 Å². The predicted molar refractivity (Wildman–Crippen MR) is 112 cm³/mol. The Hall–Kier alpha value is -1.25. The Morgan fingerprint density at radius 2 is 2.12 bits per heavy atom. The summed E-state index contributed by atoms with van der Waals surface area (Å²) in [6.07, 6.45) is 9.32. The molecule has 1 unspecified atom stereocenters. The number of carbonyl (C=O) groups excluding carboxylic acids is 1. The second-order valence-corrected chi connectivity index (χ2v) is 7.39. The summed E-state index contributed by atoms with van der Waals surface area (Å²) in [6.45, 7) is 3.34. The maximum atomic E-state index is 11.9. The highest BCUT2D eigenvalue weighted by Gasteiger charge is 2.36. The molecule has 1 aromatic rings. The number of piperazine rings is 1. The summed E-state index contributed by atoms with van der Waals surface area (Å²) in [5.41, 5.74) is 0. The fourth-order valence-corrected chi connectivity index (χ4v) is 4.27. The number of amides is 1. The van der Waals surface area contributed by atoms with E-state index in [1.54, 1.807) is 6.26 Å². The van der Waals surface area contributed by atoms with Gasteiger partial charge in [-0.2, -0.15) is 0 Å². The van der Waals surface area contributed by atoms with Crippen LogP contribution >= 0.6 is 24.0 Å². The van der Waals surface area contributed by atoms with Gasteiger partial charge in [-0.1, -0.05) is 12.8 Å². The molecule has 26 heavy (non-hydrogen) atoms. The van der Waals surface area contributed by atoms with Crippen LogP contribution in [0.4, 0.5) is 0 Å². The van der Waals surface area contributed by atoms with Crippen molar-refractivity contribution in [2.24, 2.45) is 4.99 Å². The van der Waals surface area contributed by atoms with Crippen LogP contribution in [0.15, 0.2) is 27.8 Å². The Kier molecular flexibility index (Phi) is 6.83. The van der Waals surface area contributed by atoms with Crippen LogP contribution in [0, 0.1) is 0 Å². The minimum atomic E-state index is 0. The summed E-state index contributed by atoms with van der Waals surface area (Å²) >= 11 is 0. The molecule has 0 bridgehead atoms. The van der Waals surface area contributed by atoms with E-state index >= 15 is 0 Å². The van der Waals surface area contributed by atoms with Gasteiger partial charge in [0.05, 0.1) is 6.26 Å². The zero-order valence-corrected chi connectivity index (χ0v) is 17.6. The largest absolute Gasteiger partial charge is 0.469 e. The molecule has 7 heteroatoms. The first-order chi connectivity index (χ1) is 12.3. The zero-order chi connectivity index (χ0) is 17.1. The molecule has 1 N–H and O–H groups in total. The summed E-state index contributed by atoms with van der Waals surface area (Å²) < 4.78 is 5.42. The van der Waals surface area contributed by atoms with Gasteiger partial charge < -0.3 is 19.5 Å². The predicted octanol–water partition coefficient (Wildman–Crippen LogP) is 2.63. The molecule has 2 aliphatic heterocycles. The van der Waals surface area contributed by atoms with Crippen molar-refractivity contribution in [3.05, 3.63) is 24.2 Å². The van der Waals surface area contributed by atoms with E-state index in [0.29, 0.717) is 24.4 Å². The van der Waals surface area contributed by atoms with Crippen LogP contribution in [0.3, 0.4) is 0 Å². The number of hydrogen-bond donors (Lipinski definition) is 1. The van der Waals surface area contributed by atoms with E-state index in [1.165, 1.54) is 25.7 Å². The van der Waals surface area contributed by atoms with Crippen molar-refractivity contribution in [2.45, 2.75) is 57.0 Å². The number of furan rings is 1. The summed E-state index contributed by atoms with van der Waals surface area (Å²) in [7, 11) is 0. The number of guanidine groups is 1. The van der Waals surface area contributed by atoms with Crippen molar-refractivity contribution in [3.8, 4) is 0 Å². The lowest BCUT2D eigenvalue weighted by molar-refractivity contribution is -0.130. The second kappa shape index (κ2) is 9.10. The van der Waals surface area contributed by atoms with Gasteiger partial charge in [0, 0.05) is 51.1 Å². The topological polar surface area (TPSA) is 61.1 Å². The smallest absolute Gasteiger partial charge is 0.223 e. The van der Waals surface area contributed by atoms with Gasteiger partial charge in [0.1, 0.15) is 5.76 Å². The van der Waals surface area contributed by atoms with Crippen molar-refractivity contribution >= 4 is 35.8 Å². The lowest BCUT2D eigenvalue weighted by Gasteiger charge is -2.39. The molecule has 1 saturated carbocycles. The molecule has 1 amide bonds. The standard InChI is InChI=1S/C19H28N4O2.HI/c24-18-8-7-16-14-22(11-12-23(16)18)19(21-15-4-1-2-5-15)20-10-9-17-6-3-13-25-17;/h3,6,13,15-16H,1-2,4-5,7-12,14H2,(H,20,21);1H. The van der Waals surface area contributed by atoms with Crippen LogP contribution < -0.4 is 5.32 Å². The number of carbonyl (C=O) groups is 1. The Balaban J connectivity index is 0.00000196. The first-order valence-corrected chi connectivity index (χ1v) is 9.67.